The second kappa shape index (κ2) is 6.24. The number of carboxylic acid groups (broad SMARTS) is 1. The van der Waals surface area contributed by atoms with E-state index in [-0.39, 0.29) is 18.4 Å². The minimum Gasteiger partial charge on any atom is -0.481 e. The molecule has 1 N–H and O–H groups in total. The molecule has 0 bridgehead atoms. The summed E-state index contributed by atoms with van der Waals surface area (Å²) < 4.78 is 1.59. The maximum atomic E-state index is 12.7. The predicted molar refractivity (Wildman–Crippen MR) is 83.8 cm³/mol. The van der Waals surface area contributed by atoms with Gasteiger partial charge >= 0.3 is 5.97 Å². The number of aromatic nitrogens is 2. The van der Waals surface area contributed by atoms with Gasteiger partial charge in [-0.3, -0.25) is 14.3 Å². The van der Waals surface area contributed by atoms with Gasteiger partial charge in [-0.25, -0.2) is 0 Å². The summed E-state index contributed by atoms with van der Waals surface area (Å²) in [7, 11) is 0. The summed E-state index contributed by atoms with van der Waals surface area (Å²) >= 11 is 0. The third kappa shape index (κ3) is 2.97. The van der Waals surface area contributed by atoms with Crippen molar-refractivity contribution in [2.24, 2.45) is 5.92 Å². The molecule has 23 heavy (non-hydrogen) atoms. The molecule has 2 heterocycles. The Bertz CT molecular complexity index is 684. The maximum Gasteiger partial charge on any atom is 0.308 e. The third-order valence-corrected chi connectivity index (χ3v) is 4.46. The second-order valence-electron chi connectivity index (χ2n) is 5.87. The van der Waals surface area contributed by atoms with Gasteiger partial charge in [0, 0.05) is 31.4 Å². The topological polar surface area (TPSA) is 75.4 Å². The number of amides is 1. The average Bonchev–Trinajstić information content (AvgIpc) is 3.24. The van der Waals surface area contributed by atoms with Crippen LogP contribution in [0.2, 0.25) is 0 Å². The highest BCUT2D eigenvalue weighted by Gasteiger charge is 2.41. The van der Waals surface area contributed by atoms with Gasteiger partial charge in [-0.15, -0.1) is 0 Å². The molecule has 1 amide bonds. The number of carbonyl (C=O) groups is 2. The highest BCUT2D eigenvalue weighted by Crippen LogP contribution is 2.33. The van der Waals surface area contributed by atoms with Gasteiger partial charge < -0.3 is 10.0 Å². The van der Waals surface area contributed by atoms with Crippen LogP contribution in [0.15, 0.2) is 48.8 Å². The Morgan fingerprint density at radius 1 is 1.22 bits per heavy atom. The Morgan fingerprint density at radius 2 is 1.96 bits per heavy atom. The first-order chi connectivity index (χ1) is 11.1. The SMILES string of the molecule is CC(C(=O)N1C[C@H](C(=O)O)[C@H](c2ccccc2)C1)n1cccn1. The van der Waals surface area contributed by atoms with Crippen LogP contribution in [-0.2, 0) is 9.59 Å². The number of rotatable bonds is 4. The van der Waals surface area contributed by atoms with Crippen LogP contribution in [0.1, 0.15) is 24.4 Å². The quantitative estimate of drug-likeness (QED) is 0.933. The lowest BCUT2D eigenvalue weighted by molar-refractivity contribution is -0.142. The second-order valence-corrected chi connectivity index (χ2v) is 5.87. The van der Waals surface area contributed by atoms with Crippen LogP contribution in [0.3, 0.4) is 0 Å². The molecule has 6 heteroatoms. The van der Waals surface area contributed by atoms with E-state index in [1.807, 2.05) is 30.3 Å². The van der Waals surface area contributed by atoms with E-state index in [4.69, 9.17) is 0 Å². The Morgan fingerprint density at radius 3 is 2.57 bits per heavy atom. The zero-order valence-electron chi connectivity index (χ0n) is 12.9. The zero-order chi connectivity index (χ0) is 16.4. The first-order valence-electron chi connectivity index (χ1n) is 7.63. The van der Waals surface area contributed by atoms with Crippen LogP contribution in [0, 0.1) is 5.92 Å². The first-order valence-corrected chi connectivity index (χ1v) is 7.63. The van der Waals surface area contributed by atoms with Crippen molar-refractivity contribution in [3.63, 3.8) is 0 Å². The van der Waals surface area contributed by atoms with Crippen molar-refractivity contribution in [2.45, 2.75) is 18.9 Å². The van der Waals surface area contributed by atoms with Gasteiger partial charge in [0.25, 0.3) is 0 Å². The Balaban J connectivity index is 1.80. The van der Waals surface area contributed by atoms with Gasteiger partial charge in [0.2, 0.25) is 5.91 Å². The van der Waals surface area contributed by atoms with Crippen molar-refractivity contribution in [1.29, 1.82) is 0 Å². The molecule has 1 saturated heterocycles. The largest absolute Gasteiger partial charge is 0.481 e. The van der Waals surface area contributed by atoms with Crippen LogP contribution in [-0.4, -0.2) is 44.8 Å². The van der Waals surface area contributed by atoms with Gasteiger partial charge in [0.15, 0.2) is 0 Å². The number of carbonyl (C=O) groups excluding carboxylic acids is 1. The minimum atomic E-state index is -0.860. The van der Waals surface area contributed by atoms with Crippen molar-refractivity contribution in [3.8, 4) is 0 Å². The maximum absolute atomic E-state index is 12.7. The fraction of sp³-hybridized carbons (Fsp3) is 0.353. The normalized spacial score (nSPS) is 22.0. The number of hydrogen-bond acceptors (Lipinski definition) is 3. The number of aliphatic carboxylic acids is 1. The zero-order valence-corrected chi connectivity index (χ0v) is 12.9. The molecule has 1 aromatic carbocycles. The standard InChI is InChI=1S/C17H19N3O3/c1-12(20-9-5-8-18-20)16(21)19-10-14(15(11-19)17(22)23)13-6-3-2-4-7-13/h2-9,12,14-15H,10-11H2,1H3,(H,22,23)/t12?,14-,15-/m0/s1. The fourth-order valence-electron chi connectivity index (χ4n) is 3.16. The van der Waals surface area contributed by atoms with Crippen molar-refractivity contribution in [3.05, 3.63) is 54.4 Å². The summed E-state index contributed by atoms with van der Waals surface area (Å²) in [5.41, 5.74) is 0.960. The van der Waals surface area contributed by atoms with Crippen LogP contribution < -0.4 is 0 Å². The lowest BCUT2D eigenvalue weighted by Gasteiger charge is -2.21. The molecule has 0 radical (unpaired) electrons. The van der Waals surface area contributed by atoms with Gasteiger partial charge in [0.1, 0.15) is 6.04 Å². The van der Waals surface area contributed by atoms with E-state index in [0.29, 0.717) is 6.54 Å². The van der Waals surface area contributed by atoms with Crippen LogP contribution in [0.25, 0.3) is 0 Å². The molecule has 1 unspecified atom stereocenters. The van der Waals surface area contributed by atoms with Crippen LogP contribution in [0.4, 0.5) is 0 Å². The van der Waals surface area contributed by atoms with Gasteiger partial charge in [-0.1, -0.05) is 30.3 Å². The van der Waals surface area contributed by atoms with E-state index < -0.39 is 17.9 Å². The monoisotopic (exact) mass is 313 g/mol. The predicted octanol–water partition coefficient (Wildman–Crippen LogP) is 1.77. The van der Waals surface area contributed by atoms with E-state index in [2.05, 4.69) is 5.10 Å². The van der Waals surface area contributed by atoms with Crippen LogP contribution >= 0.6 is 0 Å². The number of carboxylic acids is 1. The number of likely N-dealkylation sites (tertiary alicyclic amines) is 1. The molecule has 1 fully saturated rings. The summed E-state index contributed by atoms with van der Waals surface area (Å²) in [6, 6.07) is 10.9. The molecule has 2 aromatic rings. The Labute approximate surface area is 134 Å². The summed E-state index contributed by atoms with van der Waals surface area (Å²) in [6.07, 6.45) is 3.36. The smallest absolute Gasteiger partial charge is 0.308 e. The number of hydrogen-bond donors (Lipinski definition) is 1. The van der Waals surface area contributed by atoms with Gasteiger partial charge in [-0.05, 0) is 18.6 Å². The summed E-state index contributed by atoms with van der Waals surface area (Å²) in [5.74, 6) is -1.71. The van der Waals surface area contributed by atoms with E-state index in [9.17, 15) is 14.7 Å². The Hall–Kier alpha value is -2.63. The van der Waals surface area contributed by atoms with E-state index in [1.54, 1.807) is 35.0 Å². The third-order valence-electron chi connectivity index (χ3n) is 4.46. The van der Waals surface area contributed by atoms with Gasteiger partial charge in [0.05, 0.1) is 5.92 Å². The van der Waals surface area contributed by atoms with Crippen molar-refractivity contribution in [1.82, 2.24) is 14.7 Å². The fourth-order valence-corrected chi connectivity index (χ4v) is 3.16. The lowest BCUT2D eigenvalue weighted by atomic mass is 9.89. The molecule has 0 spiro atoms. The summed E-state index contributed by atoms with van der Waals surface area (Å²) in [5, 5.41) is 13.6. The molecule has 1 aliphatic heterocycles. The Kier molecular flexibility index (Phi) is 4.14. The molecule has 0 saturated carbocycles. The summed E-state index contributed by atoms with van der Waals surface area (Å²) in [4.78, 5) is 25.9. The number of nitrogens with zero attached hydrogens (tertiary/aromatic N) is 3. The van der Waals surface area contributed by atoms with E-state index >= 15 is 0 Å². The summed E-state index contributed by atoms with van der Waals surface area (Å²) in [6.45, 7) is 2.44. The molecule has 6 nitrogen and oxygen atoms in total. The number of benzene rings is 1. The van der Waals surface area contributed by atoms with Crippen LogP contribution in [0.5, 0.6) is 0 Å². The highest BCUT2D eigenvalue weighted by molar-refractivity contribution is 5.82. The van der Waals surface area contributed by atoms with Crippen molar-refractivity contribution in [2.75, 3.05) is 13.1 Å². The minimum absolute atomic E-state index is 0.0987. The average molecular weight is 313 g/mol. The van der Waals surface area contributed by atoms with Gasteiger partial charge in [-0.2, -0.15) is 5.10 Å². The van der Waals surface area contributed by atoms with E-state index in [1.165, 1.54) is 0 Å². The molecule has 1 aromatic heterocycles. The molecular weight excluding hydrogens is 294 g/mol. The first kappa shape index (κ1) is 15.3. The molecule has 0 aliphatic carbocycles. The lowest BCUT2D eigenvalue weighted by Crippen LogP contribution is -2.35. The highest BCUT2D eigenvalue weighted by atomic mass is 16.4. The molecule has 3 rings (SSSR count). The van der Waals surface area contributed by atoms with Crippen molar-refractivity contribution >= 4 is 11.9 Å². The molecule has 1 aliphatic rings. The van der Waals surface area contributed by atoms with E-state index in [0.717, 1.165) is 5.56 Å². The molecule has 120 valence electrons. The molecular formula is C17H19N3O3. The van der Waals surface area contributed by atoms with Crippen molar-refractivity contribution < 1.29 is 14.7 Å². The molecule has 3 atom stereocenters.